The van der Waals surface area contributed by atoms with Crippen LogP contribution in [-0.2, 0) is 6.54 Å². The fourth-order valence-corrected chi connectivity index (χ4v) is 2.59. The fraction of sp³-hybridized carbons (Fsp3) is 0.150. The Kier molecular flexibility index (Phi) is 5.22. The highest BCUT2D eigenvalue weighted by Crippen LogP contribution is 2.11. The maximum absolute atomic E-state index is 13.3. The van der Waals surface area contributed by atoms with Crippen LogP contribution in [0.2, 0.25) is 0 Å². The summed E-state index contributed by atoms with van der Waals surface area (Å²) in [6, 6.07) is 17.9. The molecule has 0 aliphatic carbocycles. The molecule has 1 atom stereocenters. The Hall–Kier alpha value is -3.28. The number of nitrogens with one attached hydrogen (secondary N) is 1. The Bertz CT molecular complexity index is 970. The molecule has 2 aromatic carbocycles. The van der Waals surface area contributed by atoms with Crippen LogP contribution < -0.4 is 10.9 Å². The lowest BCUT2D eigenvalue weighted by molar-refractivity contribution is 0.0932. The van der Waals surface area contributed by atoms with Crippen LogP contribution in [0, 0.1) is 5.82 Å². The van der Waals surface area contributed by atoms with Crippen LogP contribution in [0.5, 0.6) is 0 Å². The Morgan fingerprint density at radius 3 is 2.62 bits per heavy atom. The third kappa shape index (κ3) is 4.22. The molecule has 26 heavy (non-hydrogen) atoms. The maximum atomic E-state index is 13.3. The molecule has 6 heteroatoms. The van der Waals surface area contributed by atoms with E-state index in [9.17, 15) is 14.0 Å². The smallest absolute Gasteiger partial charge is 0.272 e. The number of nitrogens with zero attached hydrogens (tertiary/aromatic N) is 2. The van der Waals surface area contributed by atoms with Crippen LogP contribution >= 0.6 is 0 Å². The lowest BCUT2D eigenvalue weighted by Gasteiger charge is -2.14. The van der Waals surface area contributed by atoms with Gasteiger partial charge in [0.1, 0.15) is 11.5 Å². The number of aromatic nitrogens is 2. The van der Waals surface area contributed by atoms with Crippen molar-refractivity contribution in [1.29, 1.82) is 0 Å². The molecule has 0 aliphatic rings. The molecule has 0 radical (unpaired) electrons. The molecule has 0 unspecified atom stereocenters. The van der Waals surface area contributed by atoms with Gasteiger partial charge in [-0.2, -0.15) is 5.10 Å². The van der Waals surface area contributed by atoms with Gasteiger partial charge in [-0.1, -0.05) is 42.5 Å². The minimum Gasteiger partial charge on any atom is -0.344 e. The summed E-state index contributed by atoms with van der Waals surface area (Å²) in [5, 5.41) is 6.97. The Morgan fingerprint density at radius 1 is 1.12 bits per heavy atom. The lowest BCUT2D eigenvalue weighted by Crippen LogP contribution is -2.31. The molecule has 0 bridgehead atoms. The predicted molar refractivity (Wildman–Crippen MR) is 96.3 cm³/mol. The molecule has 0 aliphatic heterocycles. The van der Waals surface area contributed by atoms with Crippen LogP contribution in [0.1, 0.15) is 34.6 Å². The molecule has 0 saturated carbocycles. The highest BCUT2D eigenvalue weighted by atomic mass is 19.1. The molecule has 3 rings (SSSR count). The second kappa shape index (κ2) is 7.74. The van der Waals surface area contributed by atoms with Crippen molar-refractivity contribution in [2.45, 2.75) is 19.5 Å². The number of amides is 1. The molecule has 0 spiro atoms. The molecule has 5 nitrogen and oxygen atoms in total. The van der Waals surface area contributed by atoms with Crippen molar-refractivity contribution in [3.05, 3.63) is 99.7 Å². The third-order valence-electron chi connectivity index (χ3n) is 3.97. The zero-order valence-electron chi connectivity index (χ0n) is 14.2. The normalized spacial score (nSPS) is 11.8. The van der Waals surface area contributed by atoms with Crippen LogP contribution in [0.4, 0.5) is 4.39 Å². The molecule has 0 saturated heterocycles. The van der Waals surface area contributed by atoms with Gasteiger partial charge in [0.2, 0.25) is 0 Å². The minimum atomic E-state index is -0.388. The third-order valence-corrected chi connectivity index (χ3v) is 3.97. The van der Waals surface area contributed by atoms with Gasteiger partial charge in [-0.15, -0.1) is 0 Å². The molecule has 1 amide bonds. The summed E-state index contributed by atoms with van der Waals surface area (Å²) < 4.78 is 14.5. The molecule has 1 N–H and O–H groups in total. The van der Waals surface area contributed by atoms with Crippen molar-refractivity contribution in [2.75, 3.05) is 0 Å². The first-order chi connectivity index (χ1) is 12.5. The summed E-state index contributed by atoms with van der Waals surface area (Å²) in [5.74, 6) is -0.768. The van der Waals surface area contributed by atoms with E-state index in [2.05, 4.69) is 10.4 Å². The van der Waals surface area contributed by atoms with E-state index in [1.54, 1.807) is 12.1 Å². The molecular formula is C20H18FN3O2. The highest BCUT2D eigenvalue weighted by molar-refractivity contribution is 5.92. The first-order valence-electron chi connectivity index (χ1n) is 8.21. The van der Waals surface area contributed by atoms with E-state index >= 15 is 0 Å². The van der Waals surface area contributed by atoms with Crippen molar-refractivity contribution in [3.8, 4) is 0 Å². The molecule has 3 aromatic rings. The summed E-state index contributed by atoms with van der Waals surface area (Å²) in [5.41, 5.74) is 1.33. The van der Waals surface area contributed by atoms with E-state index in [1.807, 2.05) is 37.3 Å². The van der Waals surface area contributed by atoms with Crippen molar-refractivity contribution in [2.24, 2.45) is 0 Å². The molecule has 1 aromatic heterocycles. The average molecular weight is 351 g/mol. The van der Waals surface area contributed by atoms with E-state index in [0.717, 1.165) is 10.2 Å². The maximum Gasteiger partial charge on any atom is 0.272 e. The summed E-state index contributed by atoms with van der Waals surface area (Å²) >= 11 is 0. The van der Waals surface area contributed by atoms with Gasteiger partial charge in [0.25, 0.3) is 11.5 Å². The van der Waals surface area contributed by atoms with Crippen LogP contribution in [0.3, 0.4) is 0 Å². The zero-order chi connectivity index (χ0) is 18.5. The second-order valence-corrected chi connectivity index (χ2v) is 5.95. The number of halogens is 1. The Morgan fingerprint density at radius 2 is 1.88 bits per heavy atom. The van der Waals surface area contributed by atoms with Gasteiger partial charge in [0, 0.05) is 6.07 Å². The topological polar surface area (TPSA) is 64.0 Å². The largest absolute Gasteiger partial charge is 0.344 e. The number of carbonyl (C=O) groups excluding carboxylic acids is 1. The Balaban J connectivity index is 1.78. The first-order valence-corrected chi connectivity index (χ1v) is 8.21. The number of benzene rings is 2. The van der Waals surface area contributed by atoms with Crippen LogP contribution in [0.15, 0.2) is 71.5 Å². The average Bonchev–Trinajstić information content (AvgIpc) is 2.64. The van der Waals surface area contributed by atoms with E-state index in [0.29, 0.717) is 5.56 Å². The van der Waals surface area contributed by atoms with Gasteiger partial charge >= 0.3 is 0 Å². The van der Waals surface area contributed by atoms with Gasteiger partial charge < -0.3 is 5.32 Å². The van der Waals surface area contributed by atoms with E-state index in [1.165, 1.54) is 24.3 Å². The van der Waals surface area contributed by atoms with Crippen molar-refractivity contribution in [1.82, 2.24) is 15.1 Å². The van der Waals surface area contributed by atoms with Crippen molar-refractivity contribution >= 4 is 5.91 Å². The van der Waals surface area contributed by atoms with Gasteiger partial charge in [-0.25, -0.2) is 9.07 Å². The molecule has 1 heterocycles. The van der Waals surface area contributed by atoms with Crippen molar-refractivity contribution in [3.63, 3.8) is 0 Å². The lowest BCUT2D eigenvalue weighted by atomic mass is 10.1. The SMILES string of the molecule is C[C@H](NC(=O)c1ccc(=O)n(Cc2cccc(F)c2)n1)c1ccccc1. The summed E-state index contributed by atoms with van der Waals surface area (Å²) in [6.07, 6.45) is 0. The minimum absolute atomic E-state index is 0.0892. The quantitative estimate of drug-likeness (QED) is 0.769. The summed E-state index contributed by atoms with van der Waals surface area (Å²) in [4.78, 5) is 24.5. The van der Waals surface area contributed by atoms with Crippen LogP contribution in [0.25, 0.3) is 0 Å². The zero-order valence-corrected chi connectivity index (χ0v) is 14.2. The van der Waals surface area contributed by atoms with E-state index in [-0.39, 0.29) is 35.6 Å². The Labute approximate surface area is 150 Å². The number of hydrogen-bond donors (Lipinski definition) is 1. The summed E-state index contributed by atoms with van der Waals surface area (Å²) in [7, 11) is 0. The van der Waals surface area contributed by atoms with Crippen LogP contribution in [-0.4, -0.2) is 15.7 Å². The van der Waals surface area contributed by atoms with Gasteiger partial charge in [0.15, 0.2) is 0 Å². The second-order valence-electron chi connectivity index (χ2n) is 5.95. The van der Waals surface area contributed by atoms with Gasteiger partial charge in [-0.05, 0) is 36.2 Å². The standard InChI is InChI=1S/C20H18FN3O2/c1-14(16-7-3-2-4-8-16)22-20(26)18-10-11-19(25)24(23-18)13-15-6-5-9-17(21)12-15/h2-12,14H,13H2,1H3,(H,22,26)/t14-/m0/s1. The number of rotatable bonds is 5. The molecule has 0 fully saturated rings. The van der Waals surface area contributed by atoms with E-state index in [4.69, 9.17) is 0 Å². The highest BCUT2D eigenvalue weighted by Gasteiger charge is 2.14. The monoisotopic (exact) mass is 351 g/mol. The van der Waals surface area contributed by atoms with E-state index < -0.39 is 0 Å². The molecular weight excluding hydrogens is 333 g/mol. The molecule has 132 valence electrons. The van der Waals surface area contributed by atoms with Gasteiger partial charge in [0.05, 0.1) is 12.6 Å². The number of hydrogen-bond acceptors (Lipinski definition) is 3. The van der Waals surface area contributed by atoms with Gasteiger partial charge in [-0.3, -0.25) is 9.59 Å². The fourth-order valence-electron chi connectivity index (χ4n) is 2.59. The predicted octanol–water partition coefficient (Wildman–Crippen LogP) is 2.92. The summed E-state index contributed by atoms with van der Waals surface area (Å²) in [6.45, 7) is 1.96. The first kappa shape index (κ1) is 17.5. The van der Waals surface area contributed by atoms with Crippen molar-refractivity contribution < 1.29 is 9.18 Å². The number of carbonyl (C=O) groups is 1.